The third kappa shape index (κ3) is 5.06. The Balaban J connectivity index is 1.79. The van der Waals surface area contributed by atoms with Crippen molar-refractivity contribution >= 4 is 27.5 Å². The summed E-state index contributed by atoms with van der Waals surface area (Å²) < 4.78 is 33.6. The highest BCUT2D eigenvalue weighted by molar-refractivity contribution is 7.95. The van der Waals surface area contributed by atoms with Crippen molar-refractivity contribution in [1.29, 1.82) is 0 Å². The molecule has 1 atom stereocenters. The normalized spacial score (nSPS) is 19.2. The summed E-state index contributed by atoms with van der Waals surface area (Å²) in [5, 5.41) is 0. The fraction of sp³-hybridized carbons (Fsp3) is 0.370. The van der Waals surface area contributed by atoms with Gasteiger partial charge in [-0.3, -0.25) is 9.59 Å². The molecule has 190 valence electrons. The Kier molecular flexibility index (Phi) is 7.04. The second-order valence-corrected chi connectivity index (χ2v) is 11.4. The van der Waals surface area contributed by atoms with E-state index in [1.54, 1.807) is 18.2 Å². The lowest BCUT2D eigenvalue weighted by molar-refractivity contribution is -0.114. The van der Waals surface area contributed by atoms with E-state index in [4.69, 9.17) is 9.72 Å². The number of nitrogens with one attached hydrogen (secondary N) is 1. The van der Waals surface area contributed by atoms with E-state index in [-0.39, 0.29) is 17.5 Å². The van der Waals surface area contributed by atoms with Gasteiger partial charge in [0.05, 0.1) is 17.9 Å². The smallest absolute Gasteiger partial charge is 0.268 e. The molecule has 1 aromatic heterocycles. The van der Waals surface area contributed by atoms with Crippen LogP contribution in [-0.4, -0.2) is 43.8 Å². The fourth-order valence-corrected chi connectivity index (χ4v) is 6.00. The molecule has 0 spiro atoms. The fourth-order valence-electron chi connectivity index (χ4n) is 4.90. The van der Waals surface area contributed by atoms with Crippen LogP contribution in [0.25, 0.3) is 11.3 Å². The van der Waals surface area contributed by atoms with Crippen LogP contribution in [0.15, 0.2) is 59.5 Å². The van der Waals surface area contributed by atoms with E-state index in [1.807, 2.05) is 31.2 Å². The number of pyridine rings is 1. The van der Waals surface area contributed by atoms with Crippen LogP contribution in [-0.2, 0) is 14.8 Å². The highest BCUT2D eigenvalue weighted by Crippen LogP contribution is 2.39. The van der Waals surface area contributed by atoms with Gasteiger partial charge in [0.1, 0.15) is 16.5 Å². The molecule has 0 bridgehead atoms. The molecule has 2 heterocycles. The molecule has 0 unspecified atom stereocenters. The van der Waals surface area contributed by atoms with Crippen LogP contribution in [0.2, 0.25) is 0 Å². The standard InChI is InChI=1S/C27H31N3O5S/c1-5-35-23-12-8-6-10-19(23)21-15-14-20(25(28-21)30-17-18(2)16-27(30,3)4)26(32)29-36(33,34)24-13-9-7-11-22(24)31/h6-10,12-15,18H,5,11,16-17H2,1-4H3,(H,29,32)/t18-/m0/s1. The Morgan fingerprint density at radius 2 is 1.97 bits per heavy atom. The van der Waals surface area contributed by atoms with Crippen molar-refractivity contribution in [1.82, 2.24) is 9.71 Å². The molecule has 1 fully saturated rings. The number of carbonyl (C=O) groups excluding carboxylic acids is 2. The first-order valence-electron chi connectivity index (χ1n) is 12.0. The minimum absolute atomic E-state index is 0.0263. The minimum atomic E-state index is -4.34. The molecule has 1 amide bonds. The third-order valence-electron chi connectivity index (χ3n) is 6.39. The largest absolute Gasteiger partial charge is 0.493 e. The number of amides is 1. The number of benzene rings is 1. The topological polar surface area (TPSA) is 106 Å². The maximum Gasteiger partial charge on any atom is 0.268 e. The van der Waals surface area contributed by atoms with Crippen LogP contribution >= 0.6 is 0 Å². The number of para-hydroxylation sites is 1. The number of allylic oxidation sites excluding steroid dienone is 4. The Labute approximate surface area is 212 Å². The molecule has 9 heteroatoms. The molecule has 4 rings (SSSR count). The van der Waals surface area contributed by atoms with Gasteiger partial charge < -0.3 is 9.64 Å². The predicted octanol–water partition coefficient (Wildman–Crippen LogP) is 4.24. The van der Waals surface area contributed by atoms with Gasteiger partial charge in [0, 0.05) is 24.1 Å². The van der Waals surface area contributed by atoms with E-state index in [1.165, 1.54) is 12.2 Å². The Morgan fingerprint density at radius 3 is 2.64 bits per heavy atom. The molecule has 0 saturated carbocycles. The molecule has 1 N–H and O–H groups in total. The quantitative estimate of drug-likeness (QED) is 0.595. The summed E-state index contributed by atoms with van der Waals surface area (Å²) in [6.45, 7) is 9.35. The number of ketones is 1. The summed E-state index contributed by atoms with van der Waals surface area (Å²) in [5.74, 6) is 0.0275. The Bertz CT molecular complexity index is 1360. The minimum Gasteiger partial charge on any atom is -0.493 e. The summed E-state index contributed by atoms with van der Waals surface area (Å²) in [5.41, 5.74) is 1.21. The van der Waals surface area contributed by atoms with Crippen molar-refractivity contribution < 1.29 is 22.7 Å². The van der Waals surface area contributed by atoms with Crippen molar-refractivity contribution in [2.45, 2.75) is 46.1 Å². The van der Waals surface area contributed by atoms with Gasteiger partial charge in [0.2, 0.25) is 0 Å². The highest BCUT2D eigenvalue weighted by Gasteiger charge is 2.39. The van der Waals surface area contributed by atoms with Crippen LogP contribution in [0.5, 0.6) is 5.75 Å². The molecule has 8 nitrogen and oxygen atoms in total. The zero-order valence-corrected chi connectivity index (χ0v) is 21.8. The molecule has 2 aromatic rings. The van der Waals surface area contributed by atoms with E-state index in [0.717, 1.165) is 12.0 Å². The third-order valence-corrected chi connectivity index (χ3v) is 7.79. The Hall–Kier alpha value is -3.46. The molecule has 1 aliphatic carbocycles. The first-order valence-corrected chi connectivity index (χ1v) is 13.5. The maximum absolute atomic E-state index is 13.4. The molecule has 1 aliphatic heterocycles. The van der Waals surface area contributed by atoms with Crippen molar-refractivity contribution in [2.24, 2.45) is 5.92 Å². The van der Waals surface area contributed by atoms with Gasteiger partial charge in [-0.25, -0.2) is 18.1 Å². The number of rotatable bonds is 7. The van der Waals surface area contributed by atoms with Gasteiger partial charge in [0.25, 0.3) is 15.9 Å². The average Bonchev–Trinajstić information content (AvgIpc) is 3.10. The monoisotopic (exact) mass is 509 g/mol. The number of aromatic nitrogens is 1. The number of carbonyl (C=O) groups is 2. The summed E-state index contributed by atoms with van der Waals surface area (Å²) in [6.07, 6.45) is 5.13. The predicted molar refractivity (Wildman–Crippen MR) is 139 cm³/mol. The summed E-state index contributed by atoms with van der Waals surface area (Å²) in [4.78, 5) is 32.0. The second kappa shape index (κ2) is 9.89. The van der Waals surface area contributed by atoms with Crippen molar-refractivity contribution in [2.75, 3.05) is 18.1 Å². The van der Waals surface area contributed by atoms with E-state index in [0.29, 0.717) is 36.3 Å². The highest BCUT2D eigenvalue weighted by atomic mass is 32.2. The van der Waals surface area contributed by atoms with Crippen LogP contribution in [0.4, 0.5) is 5.82 Å². The number of hydrogen-bond donors (Lipinski definition) is 1. The van der Waals surface area contributed by atoms with Gasteiger partial charge in [-0.15, -0.1) is 0 Å². The van der Waals surface area contributed by atoms with E-state index < -0.39 is 26.6 Å². The number of anilines is 1. The SMILES string of the molecule is CCOc1ccccc1-c1ccc(C(=O)NS(=O)(=O)C2=CC=CCC2=O)c(N2C[C@@H](C)CC2(C)C)n1. The van der Waals surface area contributed by atoms with Crippen molar-refractivity contribution in [3.63, 3.8) is 0 Å². The lowest BCUT2D eigenvalue weighted by Gasteiger charge is -2.34. The van der Waals surface area contributed by atoms with Crippen molar-refractivity contribution in [3.8, 4) is 17.0 Å². The number of sulfonamides is 1. The van der Waals surface area contributed by atoms with E-state index in [2.05, 4.69) is 30.4 Å². The molecule has 0 radical (unpaired) electrons. The molecular formula is C27H31N3O5S. The van der Waals surface area contributed by atoms with E-state index >= 15 is 0 Å². The summed E-state index contributed by atoms with van der Waals surface area (Å²) in [6, 6.07) is 10.8. The van der Waals surface area contributed by atoms with Gasteiger partial charge in [-0.2, -0.15) is 0 Å². The molecule has 1 saturated heterocycles. The number of Topliss-reactive ketones (excluding diaryl/α,β-unsaturated/α-hetero) is 1. The number of nitrogens with zero attached hydrogens (tertiary/aromatic N) is 2. The lowest BCUT2D eigenvalue weighted by Crippen LogP contribution is -2.41. The number of ether oxygens (including phenoxy) is 1. The first kappa shape index (κ1) is 25.6. The van der Waals surface area contributed by atoms with Crippen LogP contribution in [0.1, 0.15) is 50.9 Å². The number of hydrogen-bond acceptors (Lipinski definition) is 7. The lowest BCUT2D eigenvalue weighted by atomic mass is 9.97. The van der Waals surface area contributed by atoms with Gasteiger partial charge in [0.15, 0.2) is 5.78 Å². The average molecular weight is 510 g/mol. The van der Waals surface area contributed by atoms with Gasteiger partial charge in [-0.05, 0) is 63.5 Å². The second-order valence-electron chi connectivity index (χ2n) is 9.75. The van der Waals surface area contributed by atoms with E-state index in [9.17, 15) is 18.0 Å². The molecule has 36 heavy (non-hydrogen) atoms. The van der Waals surface area contributed by atoms with Crippen LogP contribution in [0.3, 0.4) is 0 Å². The maximum atomic E-state index is 13.4. The van der Waals surface area contributed by atoms with Crippen LogP contribution < -0.4 is 14.4 Å². The zero-order chi connectivity index (χ0) is 26.1. The molecule has 1 aromatic carbocycles. The summed E-state index contributed by atoms with van der Waals surface area (Å²) >= 11 is 0. The Morgan fingerprint density at radius 1 is 1.22 bits per heavy atom. The van der Waals surface area contributed by atoms with Crippen LogP contribution in [0, 0.1) is 5.92 Å². The molecular weight excluding hydrogens is 478 g/mol. The van der Waals surface area contributed by atoms with Gasteiger partial charge in [-0.1, -0.05) is 31.2 Å². The first-order chi connectivity index (χ1) is 17.0. The van der Waals surface area contributed by atoms with Crippen molar-refractivity contribution in [3.05, 3.63) is 65.1 Å². The zero-order valence-electron chi connectivity index (χ0n) is 20.9. The van der Waals surface area contributed by atoms with Gasteiger partial charge >= 0.3 is 0 Å². The summed E-state index contributed by atoms with van der Waals surface area (Å²) in [7, 11) is -4.34. The molecule has 2 aliphatic rings.